The van der Waals surface area contributed by atoms with E-state index in [1.165, 1.54) is 23.5 Å². The van der Waals surface area contributed by atoms with Crippen LogP contribution >= 0.6 is 11.3 Å². The summed E-state index contributed by atoms with van der Waals surface area (Å²) in [6.07, 6.45) is 0.169. The van der Waals surface area contributed by atoms with Crippen molar-refractivity contribution in [1.29, 1.82) is 0 Å². The van der Waals surface area contributed by atoms with Gasteiger partial charge in [-0.15, -0.1) is 11.3 Å². The number of carbonyl (C=O) groups is 2. The molecule has 1 atom stereocenters. The second-order valence-electron chi connectivity index (χ2n) is 11.0. The zero-order chi connectivity index (χ0) is 30.0. The van der Waals surface area contributed by atoms with E-state index in [-0.39, 0.29) is 30.8 Å². The molecule has 3 rings (SSSR count). The van der Waals surface area contributed by atoms with Crippen LogP contribution in [0.15, 0.2) is 48.5 Å². The molecular weight excluding hydrogens is 563 g/mol. The molecule has 3 aromatic rings. The Balaban J connectivity index is 1.83. The van der Waals surface area contributed by atoms with Crippen LogP contribution in [-0.2, 0) is 27.2 Å². The summed E-state index contributed by atoms with van der Waals surface area (Å²) in [5, 5.41) is 9.99. The molecule has 0 saturated carbocycles. The van der Waals surface area contributed by atoms with Crippen molar-refractivity contribution in [3.63, 3.8) is 0 Å². The molecule has 1 aromatic heterocycles. The lowest BCUT2D eigenvalue weighted by Crippen LogP contribution is -2.37. The number of nitrogens with zero attached hydrogens (tertiary/aromatic N) is 2. The first-order valence-corrected chi connectivity index (χ1v) is 18.1. The van der Waals surface area contributed by atoms with Gasteiger partial charge in [0.1, 0.15) is 23.4 Å². The average Bonchev–Trinajstić information content (AvgIpc) is 3.29. The third kappa shape index (κ3) is 10.3. The van der Waals surface area contributed by atoms with Gasteiger partial charge in [0.2, 0.25) is 0 Å². The van der Waals surface area contributed by atoms with Crippen LogP contribution in [0.3, 0.4) is 0 Å². The van der Waals surface area contributed by atoms with E-state index in [2.05, 4.69) is 24.6 Å². The number of hydrogen-bond acceptors (Lipinski definition) is 7. The normalized spacial score (nSPS) is 12.2. The van der Waals surface area contributed by atoms with Crippen LogP contribution in [0.5, 0.6) is 5.75 Å². The van der Waals surface area contributed by atoms with Gasteiger partial charge in [-0.3, -0.25) is 4.79 Å². The maximum Gasteiger partial charge on any atom is 0.355 e. The Hall–Kier alpha value is -3.12. The van der Waals surface area contributed by atoms with Gasteiger partial charge in [-0.05, 0) is 61.2 Å². The molecule has 41 heavy (non-hydrogen) atoms. The van der Waals surface area contributed by atoms with E-state index in [0.717, 1.165) is 11.6 Å². The standard InChI is InChI=1S/C30H39FN2O6SSi/c1-21-27(30(35)36)32-26(40-21)19-33(15-7-9-22-8-6-10-24(31)18-22)29(34)28(23-11-13-25(37-2)14-12-23)39-20-38-16-17-41(3,4)5/h6,8,10-14,18,28H,7,9,15-17,19-20H2,1-5H3,(H,35,36)/t28-/m1/s1. The third-order valence-electron chi connectivity index (χ3n) is 6.42. The molecular formula is C30H39FN2O6SSi. The smallest absolute Gasteiger partial charge is 0.355 e. The number of carbonyl (C=O) groups excluding carboxylic acids is 1. The Labute approximate surface area is 246 Å². The lowest BCUT2D eigenvalue weighted by atomic mass is 10.1. The van der Waals surface area contributed by atoms with Gasteiger partial charge in [0.25, 0.3) is 5.91 Å². The van der Waals surface area contributed by atoms with Gasteiger partial charge in [-0.1, -0.05) is 43.9 Å². The number of ether oxygens (including phenoxy) is 3. The number of benzene rings is 2. The quantitative estimate of drug-likeness (QED) is 0.116. The fraction of sp³-hybridized carbons (Fsp3) is 0.433. The van der Waals surface area contributed by atoms with Crippen LogP contribution in [0.25, 0.3) is 0 Å². The number of methoxy groups -OCH3 is 1. The summed E-state index contributed by atoms with van der Waals surface area (Å²) in [5.74, 6) is -1.06. The van der Waals surface area contributed by atoms with E-state index in [0.29, 0.717) is 47.2 Å². The van der Waals surface area contributed by atoms with Crippen molar-refractivity contribution in [2.75, 3.05) is 27.1 Å². The minimum Gasteiger partial charge on any atom is -0.497 e. The maximum absolute atomic E-state index is 14.1. The molecule has 222 valence electrons. The predicted molar refractivity (Wildman–Crippen MR) is 160 cm³/mol. The molecule has 0 aliphatic carbocycles. The molecule has 0 unspecified atom stereocenters. The second kappa shape index (κ2) is 15.2. The highest BCUT2D eigenvalue weighted by atomic mass is 32.1. The van der Waals surface area contributed by atoms with E-state index in [4.69, 9.17) is 14.2 Å². The molecule has 0 fully saturated rings. The van der Waals surface area contributed by atoms with Crippen molar-refractivity contribution < 1.29 is 33.3 Å². The molecule has 2 aromatic carbocycles. The number of carboxylic acid groups (broad SMARTS) is 1. The number of rotatable bonds is 16. The third-order valence-corrected chi connectivity index (χ3v) is 9.08. The van der Waals surface area contributed by atoms with Crippen molar-refractivity contribution in [1.82, 2.24) is 9.88 Å². The first kappa shape index (κ1) is 32.4. The van der Waals surface area contributed by atoms with Gasteiger partial charge in [0.15, 0.2) is 11.8 Å². The van der Waals surface area contributed by atoms with Crippen LogP contribution in [0.2, 0.25) is 25.7 Å². The summed E-state index contributed by atoms with van der Waals surface area (Å²) < 4.78 is 30.8. The van der Waals surface area contributed by atoms with E-state index in [1.807, 2.05) is 6.07 Å². The number of hydrogen-bond donors (Lipinski definition) is 1. The van der Waals surface area contributed by atoms with Crippen molar-refractivity contribution >= 4 is 31.3 Å². The summed E-state index contributed by atoms with van der Waals surface area (Å²) in [4.78, 5) is 32.1. The SMILES string of the molecule is COc1ccc([C@@H](OCOCC[Si](C)(C)C)C(=O)N(CCCc2cccc(F)c2)Cc2nc(C(=O)O)c(C)s2)cc1. The summed E-state index contributed by atoms with van der Waals surface area (Å²) in [6.45, 7) is 9.44. The zero-order valence-electron chi connectivity index (χ0n) is 24.3. The highest BCUT2D eigenvalue weighted by Crippen LogP contribution is 2.26. The highest BCUT2D eigenvalue weighted by molar-refractivity contribution is 7.11. The number of aryl methyl sites for hydroxylation is 2. The summed E-state index contributed by atoms with van der Waals surface area (Å²) in [7, 11) is 0.282. The molecule has 8 nitrogen and oxygen atoms in total. The Morgan fingerprint density at radius 3 is 2.49 bits per heavy atom. The van der Waals surface area contributed by atoms with Crippen LogP contribution < -0.4 is 4.74 Å². The average molecular weight is 603 g/mol. The summed E-state index contributed by atoms with van der Waals surface area (Å²) in [6, 6.07) is 14.5. The van der Waals surface area contributed by atoms with Crippen LogP contribution in [0, 0.1) is 12.7 Å². The fourth-order valence-electron chi connectivity index (χ4n) is 4.12. The van der Waals surface area contributed by atoms with Gasteiger partial charge < -0.3 is 24.2 Å². The lowest BCUT2D eigenvalue weighted by molar-refractivity contribution is -0.155. The first-order valence-electron chi connectivity index (χ1n) is 13.5. The molecule has 11 heteroatoms. The largest absolute Gasteiger partial charge is 0.497 e. The Morgan fingerprint density at radius 1 is 1.15 bits per heavy atom. The number of halogens is 1. The Bertz CT molecular complexity index is 1290. The van der Waals surface area contributed by atoms with Gasteiger partial charge in [0, 0.05) is 26.1 Å². The van der Waals surface area contributed by atoms with E-state index in [9.17, 15) is 19.1 Å². The minimum atomic E-state index is -1.29. The van der Waals surface area contributed by atoms with Crippen molar-refractivity contribution in [3.8, 4) is 5.75 Å². The molecule has 0 aliphatic heterocycles. The van der Waals surface area contributed by atoms with Gasteiger partial charge >= 0.3 is 5.97 Å². The molecule has 0 aliphatic rings. The minimum absolute atomic E-state index is 0.0177. The van der Waals surface area contributed by atoms with E-state index in [1.54, 1.807) is 49.3 Å². The summed E-state index contributed by atoms with van der Waals surface area (Å²) >= 11 is 1.25. The maximum atomic E-state index is 14.1. The van der Waals surface area contributed by atoms with Gasteiger partial charge in [-0.25, -0.2) is 14.2 Å². The first-order chi connectivity index (χ1) is 19.5. The van der Waals surface area contributed by atoms with Crippen molar-refractivity contribution in [2.24, 2.45) is 0 Å². The van der Waals surface area contributed by atoms with E-state index < -0.39 is 20.1 Å². The number of carboxylic acids is 1. The van der Waals surface area contributed by atoms with Crippen molar-refractivity contribution in [2.45, 2.75) is 58.1 Å². The molecule has 0 spiro atoms. The topological polar surface area (TPSA) is 98.2 Å². The molecule has 0 saturated heterocycles. The van der Waals surface area contributed by atoms with Crippen LogP contribution in [-0.4, -0.2) is 62.0 Å². The Kier molecular flexibility index (Phi) is 12.0. The monoisotopic (exact) mass is 602 g/mol. The van der Waals surface area contributed by atoms with E-state index >= 15 is 0 Å². The van der Waals surface area contributed by atoms with Crippen molar-refractivity contribution in [3.05, 3.63) is 81.1 Å². The molecule has 0 radical (unpaired) electrons. The second-order valence-corrected chi connectivity index (χ2v) is 17.9. The van der Waals surface area contributed by atoms with Gasteiger partial charge in [-0.2, -0.15) is 0 Å². The highest BCUT2D eigenvalue weighted by Gasteiger charge is 2.29. The van der Waals surface area contributed by atoms with Crippen LogP contribution in [0.4, 0.5) is 4.39 Å². The molecule has 0 bridgehead atoms. The number of thiazole rings is 1. The number of aromatic carboxylic acids is 1. The summed E-state index contributed by atoms with van der Waals surface area (Å²) in [5.41, 5.74) is 1.45. The number of amides is 1. The zero-order valence-corrected chi connectivity index (χ0v) is 26.1. The number of aromatic nitrogens is 1. The molecule has 1 heterocycles. The molecule has 1 amide bonds. The predicted octanol–water partition coefficient (Wildman–Crippen LogP) is 6.33. The fourth-order valence-corrected chi connectivity index (χ4v) is 5.82. The van der Waals surface area contributed by atoms with Crippen LogP contribution in [0.1, 0.15) is 44.0 Å². The Morgan fingerprint density at radius 2 is 1.88 bits per heavy atom. The molecule has 1 N–H and O–H groups in total. The van der Waals surface area contributed by atoms with Gasteiger partial charge in [0.05, 0.1) is 13.7 Å². The lowest BCUT2D eigenvalue weighted by Gasteiger charge is -2.27.